The first-order valence-electron chi connectivity index (χ1n) is 38.6. The molecule has 107 heavy (non-hydrogen) atoms. The van der Waals surface area contributed by atoms with Crippen molar-refractivity contribution >= 4 is 53.7 Å². The monoisotopic (exact) mass is 1500 g/mol. The Morgan fingerprint density at radius 1 is 0.280 bits per heavy atom. The van der Waals surface area contributed by atoms with Gasteiger partial charge in [0.05, 0.1) is 141 Å². The fraction of sp³-hybridized carbons (Fsp3) is 0.759. The van der Waals surface area contributed by atoms with Crippen molar-refractivity contribution in [2.24, 2.45) is 69.5 Å². The summed E-state index contributed by atoms with van der Waals surface area (Å²) in [6.45, 7) is -3.29. The van der Waals surface area contributed by atoms with Gasteiger partial charge in [-0.05, 0) is 173 Å². The molecular weight excluding hydrogens is 1390 g/mol. The molecular formula is C79H114LiNO26. The molecule has 6 N–H and O–H groups in total. The molecule has 4 saturated heterocycles. The maximum Gasteiger partial charge on any atom is 1.00 e. The van der Waals surface area contributed by atoms with Crippen LogP contribution < -0.4 is 18.9 Å². The number of hydrogen-bond acceptors (Lipinski definition) is 26. The van der Waals surface area contributed by atoms with Crippen LogP contribution in [0.4, 0.5) is 0 Å². The predicted octanol–water partition coefficient (Wildman–Crippen LogP) is 5.17. The van der Waals surface area contributed by atoms with Gasteiger partial charge in [0, 0.05) is 0 Å². The average molecular weight is 1500 g/mol. The van der Waals surface area contributed by atoms with E-state index < -0.39 is 42.7 Å². The van der Waals surface area contributed by atoms with Crippen LogP contribution in [0.15, 0.2) is 60.8 Å². The van der Waals surface area contributed by atoms with Crippen molar-refractivity contribution in [3.05, 3.63) is 66.9 Å². The van der Waals surface area contributed by atoms with E-state index in [1.165, 1.54) is 7.11 Å². The van der Waals surface area contributed by atoms with Gasteiger partial charge in [-0.3, -0.25) is 43.2 Å². The van der Waals surface area contributed by atoms with Crippen molar-refractivity contribution < 1.29 is 144 Å². The first-order valence-corrected chi connectivity index (χ1v) is 38.6. The molecule has 4 heterocycles. The van der Waals surface area contributed by atoms with E-state index in [1.807, 2.05) is 54.7 Å². The molecule has 8 fully saturated rings. The largest absolute Gasteiger partial charge is 1.00 e. The van der Waals surface area contributed by atoms with Gasteiger partial charge in [0.25, 0.3) is 0 Å². The smallest absolute Gasteiger partial charge is 0.693 e. The van der Waals surface area contributed by atoms with Crippen molar-refractivity contribution in [3.63, 3.8) is 0 Å². The zero-order valence-corrected chi connectivity index (χ0v) is 62.5. The van der Waals surface area contributed by atoms with Gasteiger partial charge in [-0.25, -0.2) is 0 Å². The number of carbonyl (C=O) groups excluding carboxylic acids is 9. The van der Waals surface area contributed by atoms with E-state index in [-0.39, 0.29) is 234 Å². The Labute approximate surface area is 639 Å². The fourth-order valence-corrected chi connectivity index (χ4v) is 15.2. The van der Waals surface area contributed by atoms with E-state index in [1.54, 1.807) is 0 Å². The molecule has 28 heteroatoms. The van der Waals surface area contributed by atoms with Crippen molar-refractivity contribution in [2.75, 3.05) is 86.4 Å². The number of esters is 9. The molecule has 17 atom stereocenters. The van der Waals surface area contributed by atoms with Gasteiger partial charge in [0.1, 0.15) is 63.7 Å². The molecule has 4 saturated carbocycles. The number of hydrogen-bond donors (Lipinski definition) is 4. The van der Waals surface area contributed by atoms with Gasteiger partial charge in [-0.2, -0.15) is 0 Å². The Morgan fingerprint density at radius 3 is 0.636 bits per heavy atom. The van der Waals surface area contributed by atoms with Crippen LogP contribution in [-0.4, -0.2) is 209 Å². The van der Waals surface area contributed by atoms with E-state index >= 15 is 0 Å². The summed E-state index contributed by atoms with van der Waals surface area (Å²) >= 11 is 0. The summed E-state index contributed by atoms with van der Waals surface area (Å²) in [5.74, 6) is -5.05. The number of aliphatic hydroxyl groups excluding tert-OH is 4. The van der Waals surface area contributed by atoms with Crippen LogP contribution in [0.1, 0.15) is 173 Å². The standard InChI is InChI=1S/C33H44O12.C33H44O8.C8H12O2.C5H12O4.Li.H2N/c34-29(17-1-5-21-25(9-17)42-21)38-13-33(14-39-30(35)18-2-6-22-26(10-18)43-22,15-40-31(36)19-3-7-23-27(11-19)44-23)16-41-32(37)20-4-8-24-28(12-20)45-24;34-29(25-13-5-1-6-14-25)38-21-33(22-39-30(35)26-15-7-2-8-16-26,23-40-31(36)27-17-9-3-10-18-27)24-41-32(37)28-19-11-4-12-20-28;1-10-8(9)7-5-3-2-4-6-7;6-1-5(2-7,3-8)4-9;;/h17-28H,1-16H2;1-5,7,9,11,25-28H,6,8,10,12-24H2;2-3,7H,4-6H2,1H3;6-9H,1-4H2;;1H2/q;;;;+1;-1. The van der Waals surface area contributed by atoms with Crippen LogP contribution in [0, 0.1) is 69.5 Å². The van der Waals surface area contributed by atoms with Crippen LogP contribution >= 0.6 is 0 Å². The first kappa shape index (κ1) is 86.8. The fourth-order valence-electron chi connectivity index (χ4n) is 15.2. The molecule has 592 valence electrons. The molecule has 4 aliphatic heterocycles. The second-order valence-electron chi connectivity index (χ2n) is 31.3. The molecule has 17 unspecified atom stereocenters. The third kappa shape index (κ3) is 26.1. The van der Waals surface area contributed by atoms with E-state index in [4.69, 9.17) is 77.3 Å². The molecule has 0 aromatic carbocycles. The molecule has 0 spiro atoms. The predicted molar refractivity (Wildman–Crippen MR) is 377 cm³/mol. The zero-order chi connectivity index (χ0) is 74.4. The minimum Gasteiger partial charge on any atom is -0.693 e. The van der Waals surface area contributed by atoms with Crippen molar-refractivity contribution in [1.29, 1.82) is 0 Å². The third-order valence-corrected chi connectivity index (χ3v) is 23.1. The van der Waals surface area contributed by atoms with Crippen molar-refractivity contribution in [3.8, 4) is 0 Å². The number of allylic oxidation sites excluding steroid dienone is 10. The van der Waals surface area contributed by atoms with Gasteiger partial charge in [0.2, 0.25) is 0 Å². The summed E-state index contributed by atoms with van der Waals surface area (Å²) in [5.41, 5.74) is -3.60. The van der Waals surface area contributed by atoms with Gasteiger partial charge < -0.3 is 88.2 Å². The quantitative estimate of drug-likeness (QED) is 0.0247. The Hall–Kier alpha value is -5.83. The summed E-state index contributed by atoms with van der Waals surface area (Å²) in [7, 11) is 1.45. The van der Waals surface area contributed by atoms with Crippen LogP contribution in [0.2, 0.25) is 0 Å². The molecule has 0 bridgehead atoms. The summed E-state index contributed by atoms with van der Waals surface area (Å²) in [5, 5.41) is 34.0. The Kier molecular flexibility index (Phi) is 34.5. The molecule has 13 aliphatic rings. The molecule has 13 rings (SSSR count). The number of fused-ring (bicyclic) bond motifs is 4. The van der Waals surface area contributed by atoms with E-state index in [0.717, 1.165) is 70.6 Å². The number of nitrogens with two attached hydrogens (primary N) is 1. The summed E-state index contributed by atoms with van der Waals surface area (Å²) in [6, 6.07) is 0. The molecule has 0 aromatic heterocycles. The second kappa shape index (κ2) is 42.5. The topological polar surface area (TPSA) is 401 Å². The van der Waals surface area contributed by atoms with Crippen molar-refractivity contribution in [2.45, 2.75) is 222 Å². The first-order chi connectivity index (χ1) is 50.9. The number of methoxy groups -OCH3 is 1. The van der Waals surface area contributed by atoms with Crippen LogP contribution in [0.3, 0.4) is 0 Å². The SMILES string of the molecule is COC(=O)C1CC=CCC1.O=C(OCC(COC(=O)C1CC=CCC1)(COC(=O)C1CC=CCC1)COC(=O)C1CC=CCC1)C1CC=CCC1.O=C(OCC(COC(=O)C1CCC2OC2C1)(COC(=O)C1CCC2OC2C1)COC(=O)C1CCC2OC2C1)C1CCC2OC2C1.OCC(CO)(CO)CO.[Li+].[NH2-]. The maximum atomic E-state index is 13.2. The Bertz CT molecular complexity index is 2730. The molecule has 0 amide bonds. The molecule has 27 nitrogen and oxygen atoms in total. The molecule has 0 aromatic rings. The second-order valence-corrected chi connectivity index (χ2v) is 31.3. The summed E-state index contributed by atoms with van der Waals surface area (Å²) in [6.07, 6.45) is 41.3. The number of epoxide rings is 4. The number of ether oxygens (including phenoxy) is 13. The average Bonchev–Trinajstić information content (AvgIpc) is 1.67. The minimum atomic E-state index is -1.27. The van der Waals surface area contributed by atoms with E-state index in [9.17, 15) is 43.2 Å². The van der Waals surface area contributed by atoms with E-state index in [2.05, 4.69) is 10.8 Å². The van der Waals surface area contributed by atoms with Crippen LogP contribution in [0.25, 0.3) is 6.15 Å². The number of rotatable bonds is 29. The third-order valence-electron chi connectivity index (χ3n) is 23.1. The van der Waals surface area contributed by atoms with Gasteiger partial charge in [-0.15, -0.1) is 0 Å². The van der Waals surface area contributed by atoms with Gasteiger partial charge >= 0.3 is 72.6 Å². The normalized spacial score (nSPS) is 31.7. The van der Waals surface area contributed by atoms with Crippen molar-refractivity contribution in [1.82, 2.24) is 0 Å². The van der Waals surface area contributed by atoms with Gasteiger partial charge in [-0.1, -0.05) is 60.8 Å². The van der Waals surface area contributed by atoms with E-state index in [0.29, 0.717) is 103 Å². The number of aliphatic hydroxyl groups is 4. The van der Waals surface area contributed by atoms with Gasteiger partial charge in [0.15, 0.2) is 0 Å². The zero-order valence-electron chi connectivity index (χ0n) is 62.5. The summed E-state index contributed by atoms with van der Waals surface area (Å²) < 4.78 is 73.8. The minimum absolute atomic E-state index is 0. The van der Waals surface area contributed by atoms with Crippen LogP contribution in [0.5, 0.6) is 0 Å². The Balaban J connectivity index is 0.000000214. The van der Waals surface area contributed by atoms with Crippen LogP contribution in [-0.2, 0) is 105 Å². The Morgan fingerprint density at radius 2 is 0.477 bits per heavy atom. The number of carbonyl (C=O) groups is 9. The summed E-state index contributed by atoms with van der Waals surface area (Å²) in [4.78, 5) is 116. The molecule has 9 aliphatic carbocycles. The maximum absolute atomic E-state index is 13.2. The molecule has 0 radical (unpaired) electrons.